The standard InChI is InChI=1S/C13H21NO2/c15-10-12-16-11-4-8-14-9-7-13-5-2-1-3-6-13/h1-3,5-6,14-15H,4,7-12H2. The maximum absolute atomic E-state index is 8.49. The number of rotatable bonds is 9. The van der Waals surface area contributed by atoms with E-state index in [1.165, 1.54) is 5.56 Å². The van der Waals surface area contributed by atoms with E-state index < -0.39 is 0 Å². The Bertz CT molecular complexity index is 251. The quantitative estimate of drug-likeness (QED) is 0.618. The van der Waals surface area contributed by atoms with Crippen LogP contribution in [0.5, 0.6) is 0 Å². The fraction of sp³-hybridized carbons (Fsp3) is 0.538. The summed E-state index contributed by atoms with van der Waals surface area (Å²) in [5.74, 6) is 0. The van der Waals surface area contributed by atoms with Crippen LogP contribution in [0.25, 0.3) is 0 Å². The van der Waals surface area contributed by atoms with Gasteiger partial charge in [0.05, 0.1) is 13.2 Å². The fourth-order valence-corrected chi connectivity index (χ4v) is 1.47. The van der Waals surface area contributed by atoms with Gasteiger partial charge < -0.3 is 15.2 Å². The predicted molar refractivity (Wildman–Crippen MR) is 65.5 cm³/mol. The van der Waals surface area contributed by atoms with E-state index in [4.69, 9.17) is 9.84 Å². The first-order valence-corrected chi connectivity index (χ1v) is 5.86. The largest absolute Gasteiger partial charge is 0.394 e. The average Bonchev–Trinajstić information content (AvgIpc) is 2.34. The molecule has 1 aromatic carbocycles. The molecule has 0 aliphatic heterocycles. The number of ether oxygens (including phenoxy) is 1. The number of aliphatic hydroxyl groups excluding tert-OH is 1. The van der Waals surface area contributed by atoms with Crippen molar-refractivity contribution < 1.29 is 9.84 Å². The molecule has 0 aromatic heterocycles. The molecular formula is C13H21NO2. The normalized spacial score (nSPS) is 10.6. The van der Waals surface area contributed by atoms with Gasteiger partial charge in [0.25, 0.3) is 0 Å². The first-order valence-electron chi connectivity index (χ1n) is 5.86. The maximum Gasteiger partial charge on any atom is 0.0697 e. The van der Waals surface area contributed by atoms with Crippen molar-refractivity contribution in [2.24, 2.45) is 0 Å². The zero-order valence-corrected chi connectivity index (χ0v) is 9.69. The van der Waals surface area contributed by atoms with E-state index in [0.717, 1.165) is 32.5 Å². The molecule has 0 atom stereocenters. The van der Waals surface area contributed by atoms with Gasteiger partial charge in [-0.25, -0.2) is 0 Å². The Kier molecular flexibility index (Phi) is 7.68. The highest BCUT2D eigenvalue weighted by molar-refractivity contribution is 5.14. The van der Waals surface area contributed by atoms with Crippen molar-refractivity contribution in [2.45, 2.75) is 12.8 Å². The lowest BCUT2D eigenvalue weighted by Crippen LogP contribution is -2.20. The molecule has 0 aliphatic rings. The summed E-state index contributed by atoms with van der Waals surface area (Å²) in [6, 6.07) is 10.5. The lowest BCUT2D eigenvalue weighted by Gasteiger charge is -2.05. The van der Waals surface area contributed by atoms with E-state index in [1.807, 2.05) is 6.07 Å². The molecule has 0 fully saturated rings. The molecular weight excluding hydrogens is 202 g/mol. The van der Waals surface area contributed by atoms with Crippen LogP contribution < -0.4 is 5.32 Å². The second-order valence-corrected chi connectivity index (χ2v) is 3.68. The molecule has 0 unspecified atom stereocenters. The highest BCUT2D eigenvalue weighted by Gasteiger charge is 1.92. The van der Waals surface area contributed by atoms with E-state index in [9.17, 15) is 0 Å². The van der Waals surface area contributed by atoms with Gasteiger partial charge in [-0.05, 0) is 31.5 Å². The summed E-state index contributed by atoms with van der Waals surface area (Å²) >= 11 is 0. The van der Waals surface area contributed by atoms with Crippen molar-refractivity contribution in [1.82, 2.24) is 5.32 Å². The van der Waals surface area contributed by atoms with Crippen LogP contribution >= 0.6 is 0 Å². The monoisotopic (exact) mass is 223 g/mol. The topological polar surface area (TPSA) is 41.5 Å². The third-order valence-electron chi connectivity index (χ3n) is 2.31. The van der Waals surface area contributed by atoms with Gasteiger partial charge in [0.2, 0.25) is 0 Å². The second kappa shape index (κ2) is 9.33. The molecule has 1 aromatic rings. The molecule has 0 spiro atoms. The molecule has 1 rings (SSSR count). The van der Waals surface area contributed by atoms with Crippen molar-refractivity contribution in [2.75, 3.05) is 32.9 Å². The average molecular weight is 223 g/mol. The van der Waals surface area contributed by atoms with Crippen molar-refractivity contribution in [3.8, 4) is 0 Å². The van der Waals surface area contributed by atoms with Crippen LogP contribution in [0.15, 0.2) is 30.3 Å². The number of aliphatic hydroxyl groups is 1. The number of nitrogens with one attached hydrogen (secondary N) is 1. The van der Waals surface area contributed by atoms with Gasteiger partial charge >= 0.3 is 0 Å². The second-order valence-electron chi connectivity index (χ2n) is 3.68. The minimum Gasteiger partial charge on any atom is -0.394 e. The van der Waals surface area contributed by atoms with Gasteiger partial charge in [0, 0.05) is 6.61 Å². The Labute approximate surface area is 97.4 Å². The molecule has 16 heavy (non-hydrogen) atoms. The lowest BCUT2D eigenvalue weighted by molar-refractivity contribution is 0.0908. The van der Waals surface area contributed by atoms with Crippen molar-refractivity contribution in [3.63, 3.8) is 0 Å². The lowest BCUT2D eigenvalue weighted by atomic mass is 10.1. The Morgan fingerprint density at radius 1 is 1.06 bits per heavy atom. The summed E-state index contributed by atoms with van der Waals surface area (Å²) in [7, 11) is 0. The summed E-state index contributed by atoms with van der Waals surface area (Å²) in [5.41, 5.74) is 1.37. The third kappa shape index (κ3) is 6.56. The maximum atomic E-state index is 8.49. The Morgan fingerprint density at radius 2 is 1.88 bits per heavy atom. The van der Waals surface area contributed by atoms with Crippen LogP contribution in [0.2, 0.25) is 0 Å². The molecule has 90 valence electrons. The molecule has 0 bridgehead atoms. The molecule has 0 saturated carbocycles. The van der Waals surface area contributed by atoms with Gasteiger partial charge in [0.1, 0.15) is 0 Å². The van der Waals surface area contributed by atoms with Crippen molar-refractivity contribution in [1.29, 1.82) is 0 Å². The molecule has 0 amide bonds. The van der Waals surface area contributed by atoms with Crippen LogP contribution in [0.3, 0.4) is 0 Å². The van der Waals surface area contributed by atoms with E-state index in [0.29, 0.717) is 6.61 Å². The Balaban J connectivity index is 1.89. The summed E-state index contributed by atoms with van der Waals surface area (Å²) < 4.78 is 5.16. The van der Waals surface area contributed by atoms with Crippen molar-refractivity contribution in [3.05, 3.63) is 35.9 Å². The van der Waals surface area contributed by atoms with Gasteiger partial charge in [-0.1, -0.05) is 30.3 Å². The van der Waals surface area contributed by atoms with Crippen LogP contribution in [-0.2, 0) is 11.2 Å². The van der Waals surface area contributed by atoms with Crippen molar-refractivity contribution >= 4 is 0 Å². The first-order chi connectivity index (χ1) is 7.93. The summed E-state index contributed by atoms with van der Waals surface area (Å²) in [6.07, 6.45) is 2.06. The third-order valence-corrected chi connectivity index (χ3v) is 2.31. The number of benzene rings is 1. The molecule has 3 heteroatoms. The van der Waals surface area contributed by atoms with Gasteiger partial charge in [-0.3, -0.25) is 0 Å². The molecule has 0 aliphatic carbocycles. The number of hydrogen-bond acceptors (Lipinski definition) is 3. The summed E-state index contributed by atoms with van der Waals surface area (Å²) in [5, 5.41) is 11.9. The van der Waals surface area contributed by atoms with E-state index in [1.54, 1.807) is 0 Å². The summed E-state index contributed by atoms with van der Waals surface area (Å²) in [4.78, 5) is 0. The van der Waals surface area contributed by atoms with E-state index in [2.05, 4.69) is 29.6 Å². The first kappa shape index (κ1) is 13.2. The minimum absolute atomic E-state index is 0.113. The highest BCUT2D eigenvalue weighted by Crippen LogP contribution is 1.97. The molecule has 0 heterocycles. The zero-order valence-electron chi connectivity index (χ0n) is 9.69. The SMILES string of the molecule is OCCOCCCNCCc1ccccc1. The molecule has 3 nitrogen and oxygen atoms in total. The minimum atomic E-state index is 0.113. The summed E-state index contributed by atoms with van der Waals surface area (Å²) in [6.45, 7) is 3.26. The fourth-order valence-electron chi connectivity index (χ4n) is 1.47. The Hall–Kier alpha value is -0.900. The van der Waals surface area contributed by atoms with Crippen LogP contribution in [0, 0.1) is 0 Å². The predicted octanol–water partition coefficient (Wildman–Crippen LogP) is 1.22. The van der Waals surface area contributed by atoms with Gasteiger partial charge in [-0.15, -0.1) is 0 Å². The van der Waals surface area contributed by atoms with E-state index in [-0.39, 0.29) is 6.61 Å². The van der Waals surface area contributed by atoms with E-state index >= 15 is 0 Å². The highest BCUT2D eigenvalue weighted by atomic mass is 16.5. The molecule has 2 N–H and O–H groups in total. The van der Waals surface area contributed by atoms with Crippen LogP contribution in [0.4, 0.5) is 0 Å². The van der Waals surface area contributed by atoms with Gasteiger partial charge in [-0.2, -0.15) is 0 Å². The number of hydrogen-bond donors (Lipinski definition) is 2. The Morgan fingerprint density at radius 3 is 2.62 bits per heavy atom. The molecule has 0 saturated heterocycles. The van der Waals surface area contributed by atoms with Crippen LogP contribution in [0.1, 0.15) is 12.0 Å². The molecule has 0 radical (unpaired) electrons. The van der Waals surface area contributed by atoms with Crippen LogP contribution in [-0.4, -0.2) is 38.0 Å². The zero-order chi connectivity index (χ0) is 11.5. The van der Waals surface area contributed by atoms with Gasteiger partial charge in [0.15, 0.2) is 0 Å². The smallest absolute Gasteiger partial charge is 0.0697 e.